The molecule has 0 N–H and O–H groups in total. The minimum atomic E-state index is -0.582. The van der Waals surface area contributed by atoms with Gasteiger partial charge in [0.2, 0.25) is 0 Å². The van der Waals surface area contributed by atoms with Gasteiger partial charge in [-0.2, -0.15) is 0 Å². The smallest absolute Gasteiger partial charge is 0.339 e. The lowest BCUT2D eigenvalue weighted by Gasteiger charge is -2.07. The van der Waals surface area contributed by atoms with Crippen LogP contribution >= 0.6 is 0 Å². The average Bonchev–Trinajstić information content (AvgIpc) is 2.42. The molecule has 4 heteroatoms. The van der Waals surface area contributed by atoms with Crippen molar-refractivity contribution in [1.82, 2.24) is 0 Å². The second kappa shape index (κ2) is 8.69. The van der Waals surface area contributed by atoms with Gasteiger partial charge in [-0.1, -0.05) is 44.9 Å². The minimum Gasteiger partial charge on any atom is -0.458 e. The Morgan fingerprint density at radius 1 is 0.947 bits per heavy atom. The van der Waals surface area contributed by atoms with E-state index in [-0.39, 0.29) is 31.8 Å². The van der Waals surface area contributed by atoms with E-state index in [1.54, 1.807) is 12.1 Å². The molecule has 0 saturated carbocycles. The Kier molecular flexibility index (Phi) is 7.61. The lowest BCUT2D eigenvalue weighted by atomic mass is 10.1. The van der Waals surface area contributed by atoms with Crippen LogP contribution in [0.1, 0.15) is 20.7 Å². The average molecular weight is 261 g/mol. The van der Waals surface area contributed by atoms with Crippen LogP contribution in [0.2, 0.25) is 0 Å². The molecule has 1 aromatic carbocycles. The molecule has 0 spiro atoms. The monoisotopic (exact) mass is 261 g/mol. The Hall–Kier alpha value is -2.36. The van der Waals surface area contributed by atoms with Crippen LogP contribution in [-0.4, -0.2) is 25.2 Å². The highest BCUT2D eigenvalue weighted by Gasteiger charge is 2.18. The van der Waals surface area contributed by atoms with Crippen LogP contribution in [0.25, 0.3) is 0 Å². The second-order valence-electron chi connectivity index (χ2n) is 3.32. The number of carbonyl (C=O) groups excluding carboxylic acids is 2. The number of benzene rings is 1. The van der Waals surface area contributed by atoms with Gasteiger partial charge < -0.3 is 9.47 Å². The van der Waals surface area contributed by atoms with Crippen molar-refractivity contribution in [2.75, 3.05) is 13.2 Å². The molecule has 0 heterocycles. The summed E-state index contributed by atoms with van der Waals surface area (Å²) in [5, 5.41) is 0. The molecule has 0 aromatic heterocycles. The van der Waals surface area contributed by atoms with Crippen molar-refractivity contribution in [3.8, 4) is 0 Å². The molecule has 0 aliphatic heterocycles. The fraction of sp³-hybridized carbons (Fsp3) is 0.133. The zero-order valence-electron chi connectivity index (χ0n) is 10.9. The molecule has 0 unspecified atom stereocenters. The Morgan fingerprint density at radius 3 is 1.63 bits per heavy atom. The Labute approximate surface area is 113 Å². The van der Waals surface area contributed by atoms with Gasteiger partial charge in [0.05, 0.1) is 11.1 Å². The zero-order chi connectivity index (χ0) is 13.4. The summed E-state index contributed by atoms with van der Waals surface area (Å²) >= 11 is 0. The molecule has 0 amide bonds. The summed E-state index contributed by atoms with van der Waals surface area (Å²) in [7, 11) is 0. The fourth-order valence-corrected chi connectivity index (χ4v) is 1.26. The van der Waals surface area contributed by atoms with Crippen LogP contribution in [0.5, 0.6) is 0 Å². The minimum absolute atomic E-state index is 0. The predicted molar refractivity (Wildman–Crippen MR) is 73.8 cm³/mol. The molecule has 0 bridgehead atoms. The van der Waals surface area contributed by atoms with Crippen LogP contribution in [0.15, 0.2) is 49.6 Å². The maximum Gasteiger partial charge on any atom is 0.339 e. The number of carbonyl (C=O) groups is 2. The highest BCUT2D eigenvalue weighted by atomic mass is 16.5. The van der Waals surface area contributed by atoms with Gasteiger partial charge in [0.25, 0.3) is 0 Å². The van der Waals surface area contributed by atoms with E-state index in [9.17, 15) is 9.59 Å². The van der Waals surface area contributed by atoms with Crippen molar-refractivity contribution in [1.29, 1.82) is 0 Å². The summed E-state index contributed by atoms with van der Waals surface area (Å²) in [6.45, 7) is 7.07. The van der Waals surface area contributed by atoms with Gasteiger partial charge in [0, 0.05) is 0 Å². The molecular weight excluding hydrogens is 244 g/mol. The van der Waals surface area contributed by atoms with E-state index < -0.39 is 11.9 Å². The van der Waals surface area contributed by atoms with Crippen LogP contribution in [0.3, 0.4) is 0 Å². The molecule has 0 fully saturated rings. The Balaban J connectivity index is 0.00000324. The van der Waals surface area contributed by atoms with Crippen LogP contribution in [0, 0.1) is 7.43 Å². The van der Waals surface area contributed by atoms with Crippen LogP contribution in [0.4, 0.5) is 0 Å². The van der Waals surface area contributed by atoms with E-state index in [0.717, 1.165) is 0 Å². The molecule has 1 aromatic rings. The summed E-state index contributed by atoms with van der Waals surface area (Å²) in [5.74, 6) is -1.16. The number of esters is 2. The summed E-state index contributed by atoms with van der Waals surface area (Å²) in [6, 6.07) is 6.31. The van der Waals surface area contributed by atoms with Gasteiger partial charge in [-0.25, -0.2) is 9.59 Å². The van der Waals surface area contributed by atoms with Crippen LogP contribution < -0.4 is 0 Å². The van der Waals surface area contributed by atoms with Crippen molar-refractivity contribution in [2.24, 2.45) is 0 Å². The van der Waals surface area contributed by atoms with Gasteiger partial charge in [-0.3, -0.25) is 0 Å². The first-order chi connectivity index (χ1) is 8.70. The van der Waals surface area contributed by atoms with Gasteiger partial charge >= 0.3 is 11.9 Å². The van der Waals surface area contributed by atoms with Gasteiger partial charge in [0.1, 0.15) is 13.2 Å². The van der Waals surface area contributed by atoms with E-state index >= 15 is 0 Å². The summed E-state index contributed by atoms with van der Waals surface area (Å²) in [4.78, 5) is 23.4. The van der Waals surface area contributed by atoms with Crippen molar-refractivity contribution < 1.29 is 19.1 Å². The zero-order valence-corrected chi connectivity index (χ0v) is 10.9. The molecule has 1 radical (unpaired) electrons. The largest absolute Gasteiger partial charge is 0.458 e. The van der Waals surface area contributed by atoms with Crippen molar-refractivity contribution >= 4 is 11.9 Å². The van der Waals surface area contributed by atoms with Gasteiger partial charge in [0.15, 0.2) is 0 Å². The standard InChI is InChI=1S/C14H14O4.CH3/c1-3-9-17-13(15)11-7-5-6-8-12(11)14(16)18-10-4-2;/h3-8H,1-2,9-10H2;1H3. The molecule has 19 heavy (non-hydrogen) atoms. The summed E-state index contributed by atoms with van der Waals surface area (Å²) in [5.41, 5.74) is 0.349. The lowest BCUT2D eigenvalue weighted by molar-refractivity contribution is 0.0503. The summed E-state index contributed by atoms with van der Waals surface area (Å²) < 4.78 is 9.78. The van der Waals surface area contributed by atoms with Crippen molar-refractivity contribution in [3.63, 3.8) is 0 Å². The molecule has 101 valence electrons. The topological polar surface area (TPSA) is 52.6 Å². The molecule has 0 atom stereocenters. The predicted octanol–water partition coefficient (Wildman–Crippen LogP) is 2.82. The first-order valence-corrected chi connectivity index (χ1v) is 5.35. The van der Waals surface area contributed by atoms with Crippen molar-refractivity contribution in [2.45, 2.75) is 0 Å². The number of rotatable bonds is 6. The maximum atomic E-state index is 11.7. The maximum absolute atomic E-state index is 11.7. The first kappa shape index (κ1) is 16.6. The highest BCUT2D eigenvalue weighted by molar-refractivity contribution is 6.03. The second-order valence-corrected chi connectivity index (χ2v) is 3.32. The number of ether oxygens (including phenoxy) is 2. The van der Waals surface area contributed by atoms with Gasteiger partial charge in [-0.05, 0) is 12.1 Å². The molecule has 1 rings (SSSR count). The van der Waals surface area contributed by atoms with E-state index in [1.165, 1.54) is 24.3 Å². The molecule has 0 saturated heterocycles. The number of hydrogen-bond donors (Lipinski definition) is 0. The first-order valence-electron chi connectivity index (χ1n) is 5.35. The molecule has 0 aliphatic carbocycles. The van der Waals surface area contributed by atoms with E-state index in [4.69, 9.17) is 9.47 Å². The Morgan fingerprint density at radius 2 is 1.32 bits per heavy atom. The molecule has 0 aliphatic rings. The van der Waals surface area contributed by atoms with E-state index in [2.05, 4.69) is 13.2 Å². The van der Waals surface area contributed by atoms with E-state index in [1.807, 2.05) is 0 Å². The third kappa shape index (κ3) is 4.79. The fourth-order valence-electron chi connectivity index (χ4n) is 1.26. The van der Waals surface area contributed by atoms with E-state index in [0.29, 0.717) is 0 Å². The van der Waals surface area contributed by atoms with Crippen LogP contribution in [-0.2, 0) is 9.47 Å². The molecular formula is C15H17O4. The third-order valence-electron chi connectivity index (χ3n) is 2.03. The Bertz CT molecular complexity index is 420. The van der Waals surface area contributed by atoms with Crippen molar-refractivity contribution in [3.05, 3.63) is 68.1 Å². The highest BCUT2D eigenvalue weighted by Crippen LogP contribution is 2.12. The normalized spacial score (nSPS) is 8.84. The summed E-state index contributed by atoms with van der Waals surface area (Å²) in [6.07, 6.45) is 2.91. The SMILES string of the molecule is C=CCOC(=O)c1ccccc1C(=O)OCC=C.[CH3]. The lowest BCUT2D eigenvalue weighted by Crippen LogP contribution is -2.14. The molecule has 4 nitrogen and oxygen atoms in total. The third-order valence-corrected chi connectivity index (χ3v) is 2.03. The quantitative estimate of drug-likeness (QED) is 0.583. The number of hydrogen-bond acceptors (Lipinski definition) is 4. The van der Waals surface area contributed by atoms with Gasteiger partial charge in [-0.15, -0.1) is 0 Å².